The van der Waals surface area contributed by atoms with Crippen LogP contribution < -0.4 is 14.9 Å². The lowest BCUT2D eigenvalue weighted by Crippen LogP contribution is -2.18. The highest BCUT2D eigenvalue weighted by Gasteiger charge is 2.10. The first-order valence-corrected chi connectivity index (χ1v) is 8.00. The summed E-state index contributed by atoms with van der Waals surface area (Å²) in [4.78, 5) is 16.5. The smallest absolute Gasteiger partial charge is 0.200 e. The summed E-state index contributed by atoms with van der Waals surface area (Å²) < 4.78 is 17.2. The predicted octanol–water partition coefficient (Wildman–Crippen LogP) is 2.74. The Bertz CT molecular complexity index is 874. The summed E-state index contributed by atoms with van der Waals surface area (Å²) in [6.07, 6.45) is 0. The maximum Gasteiger partial charge on any atom is 0.200 e. The molecule has 0 aliphatic carbocycles. The van der Waals surface area contributed by atoms with Gasteiger partial charge in [0.05, 0.1) is 10.8 Å². The van der Waals surface area contributed by atoms with Crippen LogP contribution in [0.15, 0.2) is 45.6 Å². The van der Waals surface area contributed by atoms with Crippen molar-refractivity contribution in [1.82, 2.24) is 9.80 Å². The number of ether oxygens (including phenoxy) is 2. The molecule has 0 bridgehead atoms. The standard InChI is InChI=1S/C19H22N2O4/c1-20(2)11-23-13-5-7-15-17(9-13)25-18-10-14(24-12-21(3)4)6-8-16(18)19(15)22/h5-10H,11-12H2,1-4H3. The molecule has 0 saturated heterocycles. The first-order chi connectivity index (χ1) is 11.9. The summed E-state index contributed by atoms with van der Waals surface area (Å²) in [5.74, 6) is 1.31. The molecule has 1 heterocycles. The van der Waals surface area contributed by atoms with Crippen molar-refractivity contribution < 1.29 is 13.9 Å². The van der Waals surface area contributed by atoms with Crippen molar-refractivity contribution in [3.63, 3.8) is 0 Å². The van der Waals surface area contributed by atoms with E-state index in [0.717, 1.165) is 0 Å². The van der Waals surface area contributed by atoms with Crippen LogP contribution >= 0.6 is 0 Å². The molecule has 0 amide bonds. The van der Waals surface area contributed by atoms with E-state index in [1.165, 1.54) is 0 Å². The molecule has 0 spiro atoms. The predicted molar refractivity (Wildman–Crippen MR) is 98.4 cm³/mol. The van der Waals surface area contributed by atoms with Gasteiger partial charge in [0.1, 0.15) is 36.1 Å². The molecule has 132 valence electrons. The van der Waals surface area contributed by atoms with Crippen LogP contribution in [0.4, 0.5) is 0 Å². The zero-order chi connectivity index (χ0) is 18.0. The highest BCUT2D eigenvalue weighted by atomic mass is 16.5. The molecular formula is C19H22N2O4. The van der Waals surface area contributed by atoms with Crippen LogP contribution in [-0.4, -0.2) is 51.5 Å². The molecule has 0 saturated carbocycles. The van der Waals surface area contributed by atoms with Crippen molar-refractivity contribution in [1.29, 1.82) is 0 Å². The molecule has 0 atom stereocenters. The quantitative estimate of drug-likeness (QED) is 0.507. The van der Waals surface area contributed by atoms with Gasteiger partial charge in [-0.25, -0.2) is 0 Å². The Morgan fingerprint density at radius 1 is 0.800 bits per heavy atom. The fourth-order valence-corrected chi connectivity index (χ4v) is 2.40. The van der Waals surface area contributed by atoms with E-state index in [1.807, 2.05) is 38.0 Å². The summed E-state index contributed by atoms with van der Waals surface area (Å²) in [6.45, 7) is 0.900. The maximum absolute atomic E-state index is 12.7. The molecule has 0 radical (unpaired) electrons. The molecule has 0 aliphatic rings. The largest absolute Gasteiger partial charge is 0.478 e. The summed E-state index contributed by atoms with van der Waals surface area (Å²) in [5, 5.41) is 1.07. The lowest BCUT2D eigenvalue weighted by atomic mass is 10.1. The van der Waals surface area contributed by atoms with Gasteiger partial charge in [-0.2, -0.15) is 0 Å². The van der Waals surface area contributed by atoms with Crippen LogP contribution in [0.25, 0.3) is 21.9 Å². The zero-order valence-corrected chi connectivity index (χ0v) is 14.9. The van der Waals surface area contributed by atoms with Gasteiger partial charge in [0, 0.05) is 12.1 Å². The summed E-state index contributed by atoms with van der Waals surface area (Å²) in [7, 11) is 7.68. The van der Waals surface area contributed by atoms with Crippen LogP contribution in [0.3, 0.4) is 0 Å². The second-order valence-corrected chi connectivity index (χ2v) is 6.45. The second-order valence-electron chi connectivity index (χ2n) is 6.45. The summed E-state index contributed by atoms with van der Waals surface area (Å²) >= 11 is 0. The molecule has 6 nitrogen and oxygen atoms in total. The first kappa shape index (κ1) is 17.3. The Morgan fingerprint density at radius 2 is 1.24 bits per heavy atom. The molecule has 25 heavy (non-hydrogen) atoms. The number of rotatable bonds is 6. The minimum atomic E-state index is -0.0606. The highest BCUT2D eigenvalue weighted by Crippen LogP contribution is 2.25. The van der Waals surface area contributed by atoms with Crippen LogP contribution in [-0.2, 0) is 0 Å². The molecule has 0 unspecified atom stereocenters. The topological polar surface area (TPSA) is 55.1 Å². The third kappa shape index (κ3) is 3.92. The van der Waals surface area contributed by atoms with E-state index < -0.39 is 0 Å². The Balaban J connectivity index is 2.02. The van der Waals surface area contributed by atoms with Crippen molar-refractivity contribution in [3.8, 4) is 11.5 Å². The van der Waals surface area contributed by atoms with E-state index in [9.17, 15) is 4.79 Å². The van der Waals surface area contributed by atoms with Crippen LogP contribution in [0.2, 0.25) is 0 Å². The van der Waals surface area contributed by atoms with Crippen molar-refractivity contribution in [2.45, 2.75) is 0 Å². The Kier molecular flexibility index (Phi) is 4.92. The molecule has 3 aromatic rings. The van der Waals surface area contributed by atoms with Gasteiger partial charge in [-0.05, 0) is 52.5 Å². The molecule has 0 aliphatic heterocycles. The Hall–Kier alpha value is -2.57. The molecule has 2 aromatic carbocycles. The van der Waals surface area contributed by atoms with Crippen LogP contribution in [0, 0.1) is 0 Å². The van der Waals surface area contributed by atoms with Gasteiger partial charge in [0.25, 0.3) is 0 Å². The minimum Gasteiger partial charge on any atom is -0.478 e. The van der Waals surface area contributed by atoms with E-state index in [1.54, 1.807) is 36.4 Å². The number of nitrogens with zero attached hydrogens (tertiary/aromatic N) is 2. The fraction of sp³-hybridized carbons (Fsp3) is 0.316. The number of benzene rings is 2. The van der Waals surface area contributed by atoms with Crippen molar-refractivity contribution in [3.05, 3.63) is 46.6 Å². The second kappa shape index (κ2) is 7.13. The van der Waals surface area contributed by atoms with Gasteiger partial charge >= 0.3 is 0 Å². The number of fused-ring (bicyclic) bond motifs is 2. The lowest BCUT2D eigenvalue weighted by Gasteiger charge is -2.13. The third-order valence-electron chi connectivity index (χ3n) is 3.59. The molecule has 1 aromatic heterocycles. The molecule has 0 fully saturated rings. The monoisotopic (exact) mass is 342 g/mol. The fourth-order valence-electron chi connectivity index (χ4n) is 2.40. The van der Waals surface area contributed by atoms with Crippen molar-refractivity contribution in [2.75, 3.05) is 41.7 Å². The van der Waals surface area contributed by atoms with E-state index in [-0.39, 0.29) is 5.43 Å². The van der Waals surface area contributed by atoms with E-state index in [0.29, 0.717) is 46.9 Å². The van der Waals surface area contributed by atoms with E-state index >= 15 is 0 Å². The number of hydrogen-bond donors (Lipinski definition) is 0. The minimum absolute atomic E-state index is 0.0606. The van der Waals surface area contributed by atoms with Crippen LogP contribution in [0.1, 0.15) is 0 Å². The van der Waals surface area contributed by atoms with Gasteiger partial charge in [0.15, 0.2) is 0 Å². The van der Waals surface area contributed by atoms with Gasteiger partial charge < -0.3 is 13.9 Å². The Labute approximate surface area is 146 Å². The molecule has 6 heteroatoms. The lowest BCUT2D eigenvalue weighted by molar-refractivity contribution is 0.179. The average Bonchev–Trinajstić information content (AvgIpc) is 2.57. The first-order valence-electron chi connectivity index (χ1n) is 8.00. The highest BCUT2D eigenvalue weighted by molar-refractivity contribution is 5.90. The van der Waals surface area contributed by atoms with Gasteiger partial charge in [-0.3, -0.25) is 14.6 Å². The van der Waals surface area contributed by atoms with Gasteiger partial charge in [-0.1, -0.05) is 0 Å². The Morgan fingerprint density at radius 3 is 1.64 bits per heavy atom. The molecular weight excluding hydrogens is 320 g/mol. The van der Waals surface area contributed by atoms with E-state index in [2.05, 4.69) is 0 Å². The number of hydrogen-bond acceptors (Lipinski definition) is 6. The summed E-state index contributed by atoms with van der Waals surface area (Å²) in [5.41, 5.74) is 0.937. The maximum atomic E-state index is 12.7. The molecule has 3 rings (SSSR count). The average molecular weight is 342 g/mol. The normalized spacial score (nSPS) is 11.6. The van der Waals surface area contributed by atoms with Gasteiger partial charge in [0.2, 0.25) is 5.43 Å². The van der Waals surface area contributed by atoms with E-state index in [4.69, 9.17) is 13.9 Å². The third-order valence-corrected chi connectivity index (χ3v) is 3.59. The van der Waals surface area contributed by atoms with Crippen molar-refractivity contribution in [2.24, 2.45) is 0 Å². The molecule has 0 N–H and O–H groups in total. The van der Waals surface area contributed by atoms with Crippen molar-refractivity contribution >= 4 is 21.9 Å². The SMILES string of the molecule is CN(C)COc1ccc2c(=O)c3ccc(OCN(C)C)cc3oc2c1. The van der Waals surface area contributed by atoms with Crippen LogP contribution in [0.5, 0.6) is 11.5 Å². The zero-order valence-electron chi connectivity index (χ0n) is 14.9. The van der Waals surface area contributed by atoms with Gasteiger partial charge in [-0.15, -0.1) is 0 Å². The summed E-state index contributed by atoms with van der Waals surface area (Å²) in [6, 6.07) is 10.5.